The molecule has 2 aliphatic rings. The molecular weight excluding hydrogens is 270 g/mol. The lowest BCUT2D eigenvalue weighted by atomic mass is 10.4. The van der Waals surface area contributed by atoms with E-state index >= 15 is 0 Å². The van der Waals surface area contributed by atoms with Gasteiger partial charge in [-0.1, -0.05) is 5.16 Å². The standard InChI is InChI=1S/C14H19N5O2/c1-2-11(1)14-16-12(17-21-14)9-19-4-3-15-13(19)10-18-5-7-20-8-6-18/h3-4,11H,1-2,5-10H2. The third-order valence-electron chi connectivity index (χ3n) is 3.99. The molecule has 1 saturated heterocycles. The van der Waals surface area contributed by atoms with Gasteiger partial charge in [0.25, 0.3) is 0 Å². The molecule has 0 N–H and O–H groups in total. The number of aromatic nitrogens is 4. The number of rotatable bonds is 5. The number of hydrogen-bond acceptors (Lipinski definition) is 6. The highest BCUT2D eigenvalue weighted by Gasteiger charge is 2.29. The molecule has 21 heavy (non-hydrogen) atoms. The Balaban J connectivity index is 1.43. The van der Waals surface area contributed by atoms with Crippen molar-refractivity contribution in [3.05, 3.63) is 29.9 Å². The van der Waals surface area contributed by atoms with E-state index < -0.39 is 0 Å². The monoisotopic (exact) mass is 289 g/mol. The molecule has 0 spiro atoms. The van der Waals surface area contributed by atoms with Crippen LogP contribution in [0.3, 0.4) is 0 Å². The van der Waals surface area contributed by atoms with E-state index in [9.17, 15) is 0 Å². The molecule has 1 saturated carbocycles. The molecule has 4 rings (SSSR count). The molecule has 7 nitrogen and oxygen atoms in total. The van der Waals surface area contributed by atoms with Crippen LogP contribution in [0.4, 0.5) is 0 Å². The summed E-state index contributed by atoms with van der Waals surface area (Å²) in [6.45, 7) is 4.98. The molecule has 0 atom stereocenters. The Morgan fingerprint density at radius 2 is 2.05 bits per heavy atom. The predicted octanol–water partition coefficient (Wildman–Crippen LogP) is 1.02. The molecule has 1 aliphatic carbocycles. The fourth-order valence-electron chi connectivity index (χ4n) is 2.58. The van der Waals surface area contributed by atoms with Crippen molar-refractivity contribution in [2.75, 3.05) is 26.3 Å². The van der Waals surface area contributed by atoms with E-state index in [1.807, 2.05) is 12.4 Å². The van der Waals surface area contributed by atoms with Crippen molar-refractivity contribution in [2.24, 2.45) is 0 Å². The summed E-state index contributed by atoms with van der Waals surface area (Å²) in [7, 11) is 0. The van der Waals surface area contributed by atoms with Crippen molar-refractivity contribution in [2.45, 2.75) is 31.8 Å². The van der Waals surface area contributed by atoms with E-state index in [4.69, 9.17) is 9.26 Å². The molecule has 3 heterocycles. The highest BCUT2D eigenvalue weighted by atomic mass is 16.5. The van der Waals surface area contributed by atoms with Crippen LogP contribution >= 0.6 is 0 Å². The lowest BCUT2D eigenvalue weighted by Crippen LogP contribution is -2.36. The van der Waals surface area contributed by atoms with Crippen LogP contribution in [0.25, 0.3) is 0 Å². The van der Waals surface area contributed by atoms with Crippen LogP contribution in [0, 0.1) is 0 Å². The molecular formula is C14H19N5O2. The summed E-state index contributed by atoms with van der Waals surface area (Å²) < 4.78 is 12.8. The Kier molecular flexibility index (Phi) is 3.44. The second-order valence-electron chi connectivity index (χ2n) is 5.68. The summed E-state index contributed by atoms with van der Waals surface area (Å²) in [5.74, 6) is 3.06. The molecule has 0 radical (unpaired) electrons. The molecule has 2 aromatic rings. The topological polar surface area (TPSA) is 69.2 Å². The smallest absolute Gasteiger partial charge is 0.229 e. The van der Waals surface area contributed by atoms with E-state index in [1.165, 1.54) is 12.8 Å². The van der Waals surface area contributed by atoms with Crippen LogP contribution in [0.15, 0.2) is 16.9 Å². The fourth-order valence-corrected chi connectivity index (χ4v) is 2.58. The third-order valence-corrected chi connectivity index (χ3v) is 3.99. The van der Waals surface area contributed by atoms with Crippen LogP contribution in [0.2, 0.25) is 0 Å². The molecule has 0 aromatic carbocycles. The molecule has 0 unspecified atom stereocenters. The number of nitrogens with zero attached hydrogens (tertiary/aromatic N) is 5. The lowest BCUT2D eigenvalue weighted by Gasteiger charge is -2.26. The second-order valence-corrected chi connectivity index (χ2v) is 5.68. The lowest BCUT2D eigenvalue weighted by molar-refractivity contribution is 0.0326. The van der Waals surface area contributed by atoms with Crippen molar-refractivity contribution in [1.82, 2.24) is 24.6 Å². The first-order valence-electron chi connectivity index (χ1n) is 7.51. The minimum absolute atomic E-state index is 0.502. The zero-order chi connectivity index (χ0) is 14.1. The molecule has 0 amide bonds. The minimum atomic E-state index is 0.502. The van der Waals surface area contributed by atoms with Gasteiger partial charge < -0.3 is 13.8 Å². The highest BCUT2D eigenvalue weighted by Crippen LogP contribution is 2.38. The Hall–Kier alpha value is -1.73. The van der Waals surface area contributed by atoms with Gasteiger partial charge in [-0.3, -0.25) is 4.90 Å². The van der Waals surface area contributed by atoms with Gasteiger partial charge >= 0.3 is 0 Å². The molecule has 7 heteroatoms. The number of morpholine rings is 1. The van der Waals surface area contributed by atoms with E-state index in [1.54, 1.807) is 0 Å². The van der Waals surface area contributed by atoms with E-state index in [0.29, 0.717) is 12.5 Å². The predicted molar refractivity (Wildman–Crippen MR) is 73.7 cm³/mol. The molecule has 0 bridgehead atoms. The van der Waals surface area contributed by atoms with Gasteiger partial charge in [0.2, 0.25) is 5.89 Å². The maximum Gasteiger partial charge on any atom is 0.229 e. The van der Waals surface area contributed by atoms with E-state index in [0.717, 1.165) is 50.4 Å². The van der Waals surface area contributed by atoms with Gasteiger partial charge in [-0.2, -0.15) is 4.98 Å². The maximum absolute atomic E-state index is 5.37. The average Bonchev–Trinajstić information content (AvgIpc) is 3.12. The Bertz CT molecular complexity index is 598. The van der Waals surface area contributed by atoms with Crippen molar-refractivity contribution in [3.63, 3.8) is 0 Å². The molecule has 2 aromatic heterocycles. The van der Waals surface area contributed by atoms with Crippen molar-refractivity contribution >= 4 is 0 Å². The van der Waals surface area contributed by atoms with Crippen molar-refractivity contribution in [3.8, 4) is 0 Å². The molecule has 2 fully saturated rings. The van der Waals surface area contributed by atoms with Crippen molar-refractivity contribution < 1.29 is 9.26 Å². The van der Waals surface area contributed by atoms with Crippen LogP contribution < -0.4 is 0 Å². The zero-order valence-electron chi connectivity index (χ0n) is 11.9. The van der Waals surface area contributed by atoms with Crippen LogP contribution in [-0.4, -0.2) is 50.9 Å². The van der Waals surface area contributed by atoms with Crippen LogP contribution in [0.5, 0.6) is 0 Å². The summed E-state index contributed by atoms with van der Waals surface area (Å²) >= 11 is 0. The van der Waals surface area contributed by atoms with Gasteiger partial charge in [0.05, 0.1) is 26.3 Å². The minimum Gasteiger partial charge on any atom is -0.379 e. The normalized spacial score (nSPS) is 20.0. The first-order chi connectivity index (χ1) is 10.4. The van der Waals surface area contributed by atoms with Crippen molar-refractivity contribution in [1.29, 1.82) is 0 Å². The summed E-state index contributed by atoms with van der Waals surface area (Å²) in [4.78, 5) is 11.3. The Morgan fingerprint density at radius 1 is 1.19 bits per heavy atom. The van der Waals surface area contributed by atoms with Gasteiger partial charge in [-0.05, 0) is 12.8 Å². The third kappa shape index (κ3) is 2.98. The van der Waals surface area contributed by atoms with Crippen LogP contribution in [0.1, 0.15) is 36.3 Å². The molecule has 1 aliphatic heterocycles. The Morgan fingerprint density at radius 3 is 2.86 bits per heavy atom. The van der Waals surface area contributed by atoms with Gasteiger partial charge in [0.15, 0.2) is 5.82 Å². The van der Waals surface area contributed by atoms with Gasteiger partial charge in [-0.15, -0.1) is 0 Å². The van der Waals surface area contributed by atoms with Crippen LogP contribution in [-0.2, 0) is 17.8 Å². The number of hydrogen-bond donors (Lipinski definition) is 0. The number of ether oxygens (including phenoxy) is 1. The maximum atomic E-state index is 5.37. The van der Waals surface area contributed by atoms with Gasteiger partial charge in [0, 0.05) is 31.4 Å². The highest BCUT2D eigenvalue weighted by molar-refractivity contribution is 5.03. The van der Waals surface area contributed by atoms with E-state index in [2.05, 4.69) is 24.6 Å². The summed E-state index contributed by atoms with van der Waals surface area (Å²) in [5.41, 5.74) is 0. The first kappa shape index (κ1) is 13.0. The summed E-state index contributed by atoms with van der Waals surface area (Å²) in [6, 6.07) is 0. The Labute approximate surface area is 122 Å². The average molecular weight is 289 g/mol. The zero-order valence-corrected chi connectivity index (χ0v) is 11.9. The first-order valence-corrected chi connectivity index (χ1v) is 7.51. The summed E-state index contributed by atoms with van der Waals surface area (Å²) in [6.07, 6.45) is 6.16. The summed E-state index contributed by atoms with van der Waals surface area (Å²) in [5, 5.41) is 4.07. The SMILES string of the molecule is c1cn(Cc2noc(C3CC3)n2)c(CN2CCOCC2)n1. The van der Waals surface area contributed by atoms with E-state index in [-0.39, 0.29) is 0 Å². The van der Waals surface area contributed by atoms with Gasteiger partial charge in [-0.25, -0.2) is 4.98 Å². The largest absolute Gasteiger partial charge is 0.379 e. The second kappa shape index (κ2) is 5.57. The van der Waals surface area contributed by atoms with Gasteiger partial charge in [0.1, 0.15) is 5.82 Å². The quantitative estimate of drug-likeness (QED) is 0.818. The number of imidazole rings is 1. The fraction of sp³-hybridized carbons (Fsp3) is 0.643. The molecule has 112 valence electrons.